The minimum Gasteiger partial charge on any atom is -0.504 e. The fourth-order valence-electron chi connectivity index (χ4n) is 3.99. The number of carbonyl (C=O) groups is 2. The average molecular weight is 501 g/mol. The first-order valence-corrected chi connectivity index (χ1v) is 11.0. The first-order valence-electron chi connectivity index (χ1n) is 11.0. The summed E-state index contributed by atoms with van der Waals surface area (Å²) in [4.78, 5) is 25.0. The predicted molar refractivity (Wildman–Crippen MR) is 122 cm³/mol. The number of carboxylic acids is 1. The number of amides is 1. The Morgan fingerprint density at radius 3 is 2.50 bits per heavy atom. The number of halogens is 3. The van der Waals surface area contributed by atoms with E-state index in [1.807, 2.05) is 6.07 Å². The second-order valence-corrected chi connectivity index (χ2v) is 8.34. The SMILES string of the molecule is CC(c1cc(C(F)(F)F)ccc1Oc1cc(CC(=O)O)ccc1O)N1CC(c2ccccc2)OC1=O. The van der Waals surface area contributed by atoms with Crippen molar-refractivity contribution in [1.29, 1.82) is 0 Å². The number of alkyl halides is 3. The number of aliphatic carboxylic acids is 1. The van der Waals surface area contributed by atoms with E-state index in [1.54, 1.807) is 31.2 Å². The Kier molecular flexibility index (Phi) is 6.78. The molecule has 2 unspecified atom stereocenters. The molecule has 0 saturated carbocycles. The monoisotopic (exact) mass is 501 g/mol. The van der Waals surface area contributed by atoms with E-state index in [0.717, 1.165) is 23.8 Å². The number of ether oxygens (including phenoxy) is 2. The van der Waals surface area contributed by atoms with Crippen LogP contribution < -0.4 is 4.74 Å². The molecule has 1 heterocycles. The van der Waals surface area contributed by atoms with E-state index in [4.69, 9.17) is 14.6 Å². The first kappa shape index (κ1) is 24.9. The van der Waals surface area contributed by atoms with Crippen molar-refractivity contribution in [3.05, 3.63) is 89.0 Å². The Morgan fingerprint density at radius 1 is 1.11 bits per heavy atom. The number of cyclic esters (lactones) is 1. The number of aromatic hydroxyl groups is 1. The van der Waals surface area contributed by atoms with Gasteiger partial charge >= 0.3 is 18.2 Å². The highest BCUT2D eigenvalue weighted by Crippen LogP contribution is 2.42. The summed E-state index contributed by atoms with van der Waals surface area (Å²) < 4.78 is 51.8. The smallest absolute Gasteiger partial charge is 0.416 e. The van der Waals surface area contributed by atoms with Crippen LogP contribution in [0.5, 0.6) is 17.2 Å². The highest BCUT2D eigenvalue weighted by Gasteiger charge is 2.38. The molecule has 0 aliphatic carbocycles. The molecular formula is C26H22F3NO6. The van der Waals surface area contributed by atoms with Crippen molar-refractivity contribution >= 4 is 12.1 Å². The van der Waals surface area contributed by atoms with Crippen molar-refractivity contribution in [3.63, 3.8) is 0 Å². The van der Waals surface area contributed by atoms with Gasteiger partial charge in [0.2, 0.25) is 0 Å². The van der Waals surface area contributed by atoms with Crippen molar-refractivity contribution in [3.8, 4) is 17.2 Å². The van der Waals surface area contributed by atoms with E-state index in [2.05, 4.69) is 0 Å². The minimum absolute atomic E-state index is 0.0331. The standard InChI is InChI=1S/C26H22F3NO6/c1-15(30-14-23(36-25(30)34)17-5-3-2-4-6-17)19-13-18(26(27,28)29)8-10-21(19)35-22-11-16(12-24(32)33)7-9-20(22)31/h2-11,13,15,23,31H,12,14H2,1H3,(H,32,33). The topological polar surface area (TPSA) is 96.3 Å². The van der Waals surface area contributed by atoms with Crippen molar-refractivity contribution < 1.29 is 42.4 Å². The molecule has 4 rings (SSSR count). The van der Waals surface area contributed by atoms with Gasteiger partial charge in [-0.1, -0.05) is 36.4 Å². The molecule has 3 aromatic rings. The van der Waals surface area contributed by atoms with Crippen LogP contribution in [0.2, 0.25) is 0 Å². The van der Waals surface area contributed by atoms with Gasteiger partial charge in [-0.3, -0.25) is 9.69 Å². The van der Waals surface area contributed by atoms with Crippen LogP contribution in [0.3, 0.4) is 0 Å². The Hall–Kier alpha value is -4.21. The van der Waals surface area contributed by atoms with Crippen LogP contribution in [-0.2, 0) is 22.1 Å². The molecule has 1 aliphatic rings. The average Bonchev–Trinajstić information content (AvgIpc) is 3.22. The number of nitrogens with zero attached hydrogens (tertiary/aromatic N) is 1. The number of carbonyl (C=O) groups excluding carboxylic acids is 1. The van der Waals surface area contributed by atoms with Crippen molar-refractivity contribution in [1.82, 2.24) is 4.90 Å². The minimum atomic E-state index is -4.64. The lowest BCUT2D eigenvalue weighted by atomic mass is 10.0. The number of phenolic OH excluding ortho intramolecular Hbond substituents is 1. The van der Waals surface area contributed by atoms with Crippen molar-refractivity contribution in [2.24, 2.45) is 0 Å². The number of rotatable bonds is 7. The molecule has 0 bridgehead atoms. The molecule has 3 aromatic carbocycles. The van der Waals surface area contributed by atoms with Crippen molar-refractivity contribution in [2.75, 3.05) is 6.54 Å². The summed E-state index contributed by atoms with van der Waals surface area (Å²) in [5.41, 5.74) is 0.179. The van der Waals surface area contributed by atoms with E-state index < -0.39 is 35.9 Å². The van der Waals surface area contributed by atoms with Gasteiger partial charge in [-0.2, -0.15) is 13.2 Å². The lowest BCUT2D eigenvalue weighted by molar-refractivity contribution is -0.138. The molecule has 0 radical (unpaired) electrons. The van der Waals surface area contributed by atoms with Gasteiger partial charge in [0.15, 0.2) is 11.5 Å². The Morgan fingerprint density at radius 2 is 1.83 bits per heavy atom. The zero-order valence-corrected chi connectivity index (χ0v) is 19.0. The second kappa shape index (κ2) is 9.80. The maximum Gasteiger partial charge on any atom is 0.416 e. The number of phenols is 1. The van der Waals surface area contributed by atoms with Gasteiger partial charge < -0.3 is 19.7 Å². The fraction of sp³-hybridized carbons (Fsp3) is 0.231. The van der Waals surface area contributed by atoms with E-state index in [1.165, 1.54) is 23.1 Å². The fourth-order valence-corrected chi connectivity index (χ4v) is 3.99. The van der Waals surface area contributed by atoms with Crippen LogP contribution in [0.25, 0.3) is 0 Å². The van der Waals surface area contributed by atoms with Crippen molar-refractivity contribution in [2.45, 2.75) is 31.7 Å². The van der Waals surface area contributed by atoms with E-state index in [-0.39, 0.29) is 35.8 Å². The quantitative estimate of drug-likeness (QED) is 0.407. The van der Waals surface area contributed by atoms with Gasteiger partial charge in [0.25, 0.3) is 0 Å². The number of hydrogen-bond donors (Lipinski definition) is 2. The molecule has 1 fully saturated rings. The van der Waals surface area contributed by atoms with E-state index in [0.29, 0.717) is 5.56 Å². The molecule has 188 valence electrons. The molecule has 10 heteroatoms. The third-order valence-corrected chi connectivity index (χ3v) is 5.87. The van der Waals surface area contributed by atoms with E-state index in [9.17, 15) is 27.9 Å². The predicted octanol–water partition coefficient (Wildman–Crippen LogP) is 6.08. The molecule has 0 spiro atoms. The summed E-state index contributed by atoms with van der Waals surface area (Å²) in [6.07, 6.45) is -6.26. The molecule has 7 nitrogen and oxygen atoms in total. The maximum absolute atomic E-state index is 13.5. The van der Waals surface area contributed by atoms with Gasteiger partial charge in [-0.05, 0) is 48.4 Å². The molecule has 0 aromatic heterocycles. The zero-order chi connectivity index (χ0) is 26.0. The molecule has 2 N–H and O–H groups in total. The van der Waals surface area contributed by atoms with Gasteiger partial charge in [-0.25, -0.2) is 4.79 Å². The highest BCUT2D eigenvalue weighted by molar-refractivity contribution is 5.72. The summed E-state index contributed by atoms with van der Waals surface area (Å²) in [5.74, 6) is -1.59. The molecule has 2 atom stereocenters. The van der Waals surface area contributed by atoms with Crippen LogP contribution in [0.1, 0.15) is 41.3 Å². The number of hydrogen-bond acceptors (Lipinski definition) is 5. The normalized spacial score (nSPS) is 16.5. The maximum atomic E-state index is 13.5. The lowest BCUT2D eigenvalue weighted by Crippen LogP contribution is -2.28. The van der Waals surface area contributed by atoms with Crippen LogP contribution >= 0.6 is 0 Å². The number of benzene rings is 3. The summed E-state index contributed by atoms with van der Waals surface area (Å²) in [6, 6.07) is 14.9. The van der Waals surface area contributed by atoms with Crippen LogP contribution in [0.15, 0.2) is 66.7 Å². The molecule has 36 heavy (non-hydrogen) atoms. The Bertz CT molecular complexity index is 1280. The Balaban J connectivity index is 1.69. The largest absolute Gasteiger partial charge is 0.504 e. The second-order valence-electron chi connectivity index (χ2n) is 8.34. The zero-order valence-electron chi connectivity index (χ0n) is 19.0. The summed E-state index contributed by atoms with van der Waals surface area (Å²) in [7, 11) is 0. The van der Waals surface area contributed by atoms with Crippen LogP contribution in [0, 0.1) is 0 Å². The molecule has 1 aliphatic heterocycles. The highest BCUT2D eigenvalue weighted by atomic mass is 19.4. The van der Waals surface area contributed by atoms with Crippen LogP contribution in [0.4, 0.5) is 18.0 Å². The Labute approximate surface area is 204 Å². The summed E-state index contributed by atoms with van der Waals surface area (Å²) in [5, 5.41) is 19.3. The number of carboxylic acid groups (broad SMARTS) is 1. The van der Waals surface area contributed by atoms with Gasteiger partial charge in [0.1, 0.15) is 11.9 Å². The molecular weight excluding hydrogens is 479 g/mol. The lowest BCUT2D eigenvalue weighted by Gasteiger charge is -2.25. The van der Waals surface area contributed by atoms with Gasteiger partial charge in [0.05, 0.1) is 24.6 Å². The van der Waals surface area contributed by atoms with Gasteiger partial charge in [0, 0.05) is 5.56 Å². The van der Waals surface area contributed by atoms with Gasteiger partial charge in [-0.15, -0.1) is 0 Å². The van der Waals surface area contributed by atoms with Crippen LogP contribution in [-0.4, -0.2) is 33.7 Å². The summed E-state index contributed by atoms with van der Waals surface area (Å²) in [6.45, 7) is 1.66. The third-order valence-electron chi connectivity index (χ3n) is 5.87. The first-order chi connectivity index (χ1) is 17.0. The molecule has 1 amide bonds. The van der Waals surface area contributed by atoms with E-state index >= 15 is 0 Å². The summed E-state index contributed by atoms with van der Waals surface area (Å²) >= 11 is 0. The third kappa shape index (κ3) is 5.37. The molecule has 1 saturated heterocycles.